The van der Waals surface area contributed by atoms with Gasteiger partial charge in [-0.1, -0.05) is 30.3 Å². The molecule has 0 aromatic heterocycles. The van der Waals surface area contributed by atoms with Crippen LogP contribution in [0.15, 0.2) is 35.3 Å². The fraction of sp³-hybridized carbons (Fsp3) is 0.231. The Bertz CT molecular complexity index is 589. The van der Waals surface area contributed by atoms with Crippen molar-refractivity contribution in [1.82, 2.24) is 4.90 Å². The predicted molar refractivity (Wildman–Crippen MR) is 66.7 cm³/mol. The first-order chi connectivity index (χ1) is 9.06. The van der Waals surface area contributed by atoms with Crippen LogP contribution in [0.2, 0.25) is 0 Å². The predicted octanol–water partition coefficient (Wildman–Crippen LogP) is 2.44. The van der Waals surface area contributed by atoms with E-state index in [9.17, 15) is 14.9 Å². The Labute approximate surface area is 109 Å². The first-order valence-electron chi connectivity index (χ1n) is 5.62. The van der Waals surface area contributed by atoms with E-state index in [1.54, 1.807) is 37.3 Å². The van der Waals surface area contributed by atoms with E-state index in [2.05, 4.69) is 4.99 Å². The third-order valence-corrected chi connectivity index (χ3v) is 3.01. The fourth-order valence-corrected chi connectivity index (χ4v) is 2.13. The van der Waals surface area contributed by atoms with E-state index < -0.39 is 24.1 Å². The average Bonchev–Trinajstić information content (AvgIpc) is 2.38. The van der Waals surface area contributed by atoms with Crippen LogP contribution in [0.25, 0.3) is 0 Å². The van der Waals surface area contributed by atoms with Crippen molar-refractivity contribution in [2.24, 2.45) is 10.9 Å². The Morgan fingerprint density at radius 1 is 1.42 bits per heavy atom. The summed E-state index contributed by atoms with van der Waals surface area (Å²) in [5.41, 5.74) is 0.929. The number of urea groups is 1. The molecule has 96 valence electrons. The van der Waals surface area contributed by atoms with Crippen LogP contribution in [0.1, 0.15) is 18.5 Å². The number of benzene rings is 1. The molecule has 0 bridgehead atoms. The fourth-order valence-electron chi connectivity index (χ4n) is 2.13. The first kappa shape index (κ1) is 12.8. The highest BCUT2D eigenvalue weighted by Gasteiger charge is 2.41. The lowest BCUT2D eigenvalue weighted by molar-refractivity contribution is 0.129. The van der Waals surface area contributed by atoms with E-state index in [-0.39, 0.29) is 0 Å². The normalized spacial score (nSPS) is 22.6. The van der Waals surface area contributed by atoms with Gasteiger partial charge in [-0.2, -0.15) is 5.26 Å². The molecule has 0 aliphatic carbocycles. The summed E-state index contributed by atoms with van der Waals surface area (Å²) in [6, 6.07) is 8.94. The maximum Gasteiger partial charge on any atom is 0.416 e. The summed E-state index contributed by atoms with van der Waals surface area (Å²) in [6.07, 6.45) is -1.41. The van der Waals surface area contributed by atoms with Crippen LogP contribution in [-0.4, -0.2) is 27.8 Å². The van der Waals surface area contributed by atoms with Crippen LogP contribution in [0, 0.1) is 17.2 Å². The molecule has 2 unspecified atom stereocenters. The van der Waals surface area contributed by atoms with Gasteiger partial charge in [0.15, 0.2) is 0 Å². The number of rotatable bonds is 1. The SMILES string of the molecule is CC1=NC(=O)N(C(=O)O)C(c2ccccc2)C1C#N. The molecule has 0 fully saturated rings. The number of aliphatic imine (C=N–C) groups is 1. The van der Waals surface area contributed by atoms with Gasteiger partial charge in [0, 0.05) is 5.71 Å². The van der Waals surface area contributed by atoms with E-state index >= 15 is 0 Å². The van der Waals surface area contributed by atoms with Gasteiger partial charge >= 0.3 is 12.1 Å². The maximum absolute atomic E-state index is 11.7. The second kappa shape index (κ2) is 4.90. The largest absolute Gasteiger partial charge is 0.465 e. The Kier molecular flexibility index (Phi) is 3.29. The lowest BCUT2D eigenvalue weighted by atomic mass is 9.88. The van der Waals surface area contributed by atoms with Gasteiger partial charge in [0.2, 0.25) is 0 Å². The number of hydrogen-bond donors (Lipinski definition) is 1. The van der Waals surface area contributed by atoms with Crippen molar-refractivity contribution in [3.63, 3.8) is 0 Å². The molecule has 6 nitrogen and oxygen atoms in total. The van der Waals surface area contributed by atoms with Crippen LogP contribution >= 0.6 is 0 Å². The summed E-state index contributed by atoms with van der Waals surface area (Å²) in [5.74, 6) is -0.767. The molecule has 3 amide bonds. The molecule has 1 N–H and O–H groups in total. The molecule has 1 aromatic rings. The molecule has 1 heterocycles. The standard InChI is InChI=1S/C13H11N3O3/c1-8-10(7-14)11(9-5-3-2-4-6-9)16(13(18)19)12(17)15-8/h2-6,10-11H,1H3,(H,18,19). The van der Waals surface area contributed by atoms with Crippen molar-refractivity contribution >= 4 is 17.8 Å². The van der Waals surface area contributed by atoms with Gasteiger partial charge in [-0.05, 0) is 12.5 Å². The molecule has 1 aliphatic rings. The van der Waals surface area contributed by atoms with Gasteiger partial charge in [0.25, 0.3) is 0 Å². The summed E-state index contributed by atoms with van der Waals surface area (Å²) in [4.78, 5) is 27.2. The Balaban J connectivity index is 2.57. The van der Waals surface area contributed by atoms with E-state index in [4.69, 9.17) is 5.11 Å². The molecule has 6 heteroatoms. The molecule has 0 saturated carbocycles. The number of carboxylic acid groups (broad SMARTS) is 1. The number of nitriles is 1. The highest BCUT2D eigenvalue weighted by Crippen LogP contribution is 2.33. The minimum atomic E-state index is -1.41. The van der Waals surface area contributed by atoms with Crippen LogP contribution in [-0.2, 0) is 0 Å². The topological polar surface area (TPSA) is 93.8 Å². The summed E-state index contributed by atoms with van der Waals surface area (Å²) in [7, 11) is 0. The summed E-state index contributed by atoms with van der Waals surface area (Å²) in [6.45, 7) is 1.56. The number of carbonyl (C=O) groups excluding carboxylic acids is 1. The monoisotopic (exact) mass is 257 g/mol. The van der Waals surface area contributed by atoms with Crippen LogP contribution in [0.3, 0.4) is 0 Å². The minimum Gasteiger partial charge on any atom is -0.465 e. The lowest BCUT2D eigenvalue weighted by Gasteiger charge is -2.33. The molecule has 1 aromatic carbocycles. The Morgan fingerprint density at radius 3 is 2.58 bits per heavy atom. The molecule has 1 aliphatic heterocycles. The van der Waals surface area contributed by atoms with E-state index in [1.165, 1.54) is 0 Å². The zero-order valence-electron chi connectivity index (χ0n) is 10.1. The lowest BCUT2D eigenvalue weighted by Crippen LogP contribution is -2.46. The van der Waals surface area contributed by atoms with E-state index in [0.29, 0.717) is 16.2 Å². The van der Waals surface area contributed by atoms with Gasteiger partial charge in [0.05, 0.1) is 12.1 Å². The van der Waals surface area contributed by atoms with Crippen molar-refractivity contribution in [2.75, 3.05) is 0 Å². The van der Waals surface area contributed by atoms with Gasteiger partial charge in [-0.25, -0.2) is 19.5 Å². The van der Waals surface area contributed by atoms with Crippen LogP contribution in [0.5, 0.6) is 0 Å². The third kappa shape index (κ3) is 2.18. The molecular formula is C13H11N3O3. The van der Waals surface area contributed by atoms with Crippen molar-refractivity contribution in [3.8, 4) is 6.07 Å². The molecule has 2 rings (SSSR count). The van der Waals surface area contributed by atoms with Crippen molar-refractivity contribution in [1.29, 1.82) is 5.26 Å². The second-order valence-electron chi connectivity index (χ2n) is 4.15. The smallest absolute Gasteiger partial charge is 0.416 e. The highest BCUT2D eigenvalue weighted by molar-refractivity contribution is 6.04. The quantitative estimate of drug-likeness (QED) is 0.835. The molecule has 0 radical (unpaired) electrons. The molecule has 0 spiro atoms. The summed E-state index contributed by atoms with van der Waals surface area (Å²) in [5, 5.41) is 18.4. The molecular weight excluding hydrogens is 246 g/mol. The average molecular weight is 257 g/mol. The van der Waals surface area contributed by atoms with Crippen LogP contribution in [0.4, 0.5) is 9.59 Å². The highest BCUT2D eigenvalue weighted by atomic mass is 16.4. The van der Waals surface area contributed by atoms with Crippen molar-refractivity contribution in [3.05, 3.63) is 35.9 Å². The van der Waals surface area contributed by atoms with E-state index in [1.807, 2.05) is 6.07 Å². The number of amides is 3. The number of imide groups is 1. The van der Waals surface area contributed by atoms with Crippen molar-refractivity contribution in [2.45, 2.75) is 13.0 Å². The minimum absolute atomic E-state index is 0.332. The summed E-state index contributed by atoms with van der Waals surface area (Å²) < 4.78 is 0. The molecule has 0 saturated heterocycles. The Hall–Kier alpha value is -2.68. The molecule has 2 atom stereocenters. The third-order valence-electron chi connectivity index (χ3n) is 3.01. The van der Waals surface area contributed by atoms with Gasteiger partial charge in [-0.15, -0.1) is 0 Å². The Morgan fingerprint density at radius 2 is 2.05 bits per heavy atom. The van der Waals surface area contributed by atoms with Gasteiger partial charge in [0.1, 0.15) is 5.92 Å². The summed E-state index contributed by atoms with van der Waals surface area (Å²) >= 11 is 0. The zero-order valence-corrected chi connectivity index (χ0v) is 10.1. The van der Waals surface area contributed by atoms with Crippen molar-refractivity contribution < 1.29 is 14.7 Å². The molecule has 19 heavy (non-hydrogen) atoms. The van der Waals surface area contributed by atoms with Gasteiger partial charge < -0.3 is 5.11 Å². The number of hydrogen-bond acceptors (Lipinski definition) is 3. The zero-order chi connectivity index (χ0) is 14.0. The van der Waals surface area contributed by atoms with Crippen LogP contribution < -0.4 is 0 Å². The first-order valence-corrected chi connectivity index (χ1v) is 5.62. The van der Waals surface area contributed by atoms with E-state index in [0.717, 1.165) is 0 Å². The second-order valence-corrected chi connectivity index (χ2v) is 4.15. The number of nitrogens with zero attached hydrogens (tertiary/aromatic N) is 3. The maximum atomic E-state index is 11.7. The van der Waals surface area contributed by atoms with Gasteiger partial charge in [-0.3, -0.25) is 0 Å². The number of carbonyl (C=O) groups is 2.